The fourth-order valence-corrected chi connectivity index (χ4v) is 4.11. The molecule has 26 heavy (non-hydrogen) atoms. The quantitative estimate of drug-likeness (QED) is 0.852. The van der Waals surface area contributed by atoms with Gasteiger partial charge in [0.25, 0.3) is 0 Å². The Balaban J connectivity index is 1.45. The molecule has 1 atom stereocenters. The predicted molar refractivity (Wildman–Crippen MR) is 104 cm³/mol. The lowest BCUT2D eigenvalue weighted by Gasteiger charge is -2.37. The highest BCUT2D eigenvalue weighted by atomic mass is 16.2. The number of hydrogen-bond acceptors (Lipinski definition) is 3. The van der Waals surface area contributed by atoms with E-state index in [1.807, 2.05) is 18.0 Å². The van der Waals surface area contributed by atoms with E-state index in [0.717, 1.165) is 37.2 Å². The van der Waals surface area contributed by atoms with Gasteiger partial charge in [-0.1, -0.05) is 12.1 Å². The minimum atomic E-state index is 0.0665. The van der Waals surface area contributed by atoms with Gasteiger partial charge in [0.15, 0.2) is 0 Å². The van der Waals surface area contributed by atoms with E-state index in [4.69, 9.17) is 0 Å². The van der Waals surface area contributed by atoms with Crippen LogP contribution in [0.25, 0.3) is 0 Å². The van der Waals surface area contributed by atoms with Gasteiger partial charge in [0.1, 0.15) is 0 Å². The zero-order valence-corrected chi connectivity index (χ0v) is 16.3. The number of carbonyl (C=O) groups is 2. The Kier molecular flexibility index (Phi) is 5.97. The maximum absolute atomic E-state index is 12.6. The van der Waals surface area contributed by atoms with Crippen LogP contribution in [0.5, 0.6) is 0 Å². The first kappa shape index (κ1) is 18.9. The summed E-state index contributed by atoms with van der Waals surface area (Å²) in [6.45, 7) is 4.46. The summed E-state index contributed by atoms with van der Waals surface area (Å²) in [4.78, 5) is 28.3. The molecule has 0 spiro atoms. The molecular weight excluding hydrogens is 326 g/mol. The second-order valence-electron chi connectivity index (χ2n) is 7.96. The molecule has 2 amide bonds. The van der Waals surface area contributed by atoms with E-state index in [0.29, 0.717) is 24.8 Å². The number of benzene rings is 1. The minimum Gasteiger partial charge on any atom is -0.343 e. The van der Waals surface area contributed by atoms with Crippen molar-refractivity contribution < 1.29 is 9.59 Å². The molecule has 0 saturated carbocycles. The van der Waals surface area contributed by atoms with Gasteiger partial charge in [0.2, 0.25) is 11.8 Å². The van der Waals surface area contributed by atoms with Crippen molar-refractivity contribution in [2.24, 2.45) is 5.92 Å². The lowest BCUT2D eigenvalue weighted by atomic mass is 9.89. The molecule has 1 N–H and O–H groups in total. The van der Waals surface area contributed by atoms with Gasteiger partial charge in [-0.2, -0.15) is 0 Å². The predicted octanol–water partition coefficient (Wildman–Crippen LogP) is 2.69. The minimum absolute atomic E-state index is 0.0665. The molecule has 1 unspecified atom stereocenters. The average molecular weight is 357 g/mol. The summed E-state index contributed by atoms with van der Waals surface area (Å²) in [7, 11) is 4.12. The molecule has 0 bridgehead atoms. The van der Waals surface area contributed by atoms with Crippen molar-refractivity contribution in [2.75, 3.05) is 32.5 Å². The van der Waals surface area contributed by atoms with Crippen molar-refractivity contribution in [1.29, 1.82) is 0 Å². The number of amides is 2. The molecule has 0 aromatic heterocycles. The first-order chi connectivity index (χ1) is 12.4. The van der Waals surface area contributed by atoms with Gasteiger partial charge < -0.3 is 15.1 Å². The average Bonchev–Trinajstić information content (AvgIpc) is 3.00. The van der Waals surface area contributed by atoms with Crippen LogP contribution in [0.2, 0.25) is 0 Å². The zero-order valence-electron chi connectivity index (χ0n) is 16.3. The molecular formula is C21H31N3O2. The van der Waals surface area contributed by atoms with Crippen molar-refractivity contribution in [2.45, 2.75) is 51.5 Å². The number of piperidine rings is 1. The second-order valence-corrected chi connectivity index (χ2v) is 7.96. The van der Waals surface area contributed by atoms with Crippen LogP contribution in [-0.2, 0) is 22.4 Å². The maximum Gasteiger partial charge on any atom is 0.228 e. The Labute approximate surface area is 156 Å². The van der Waals surface area contributed by atoms with E-state index in [1.165, 1.54) is 18.4 Å². The Hall–Kier alpha value is -1.88. The largest absolute Gasteiger partial charge is 0.343 e. The van der Waals surface area contributed by atoms with Crippen LogP contribution < -0.4 is 5.32 Å². The Morgan fingerprint density at radius 1 is 1.35 bits per heavy atom. The standard InChI is InChI=1S/C21H31N3O2/c1-15(17-9-11-23(2)12-10-17)24(3)21(26)6-4-5-16-7-8-19-18(13-16)14-20(25)22-19/h7-8,13,15,17H,4-6,9-12,14H2,1-3H3,(H,22,25). The van der Waals surface area contributed by atoms with E-state index < -0.39 is 0 Å². The van der Waals surface area contributed by atoms with Crippen molar-refractivity contribution in [3.8, 4) is 0 Å². The summed E-state index contributed by atoms with van der Waals surface area (Å²) >= 11 is 0. The Morgan fingerprint density at radius 2 is 2.08 bits per heavy atom. The van der Waals surface area contributed by atoms with E-state index >= 15 is 0 Å². The van der Waals surface area contributed by atoms with Gasteiger partial charge in [-0.25, -0.2) is 0 Å². The van der Waals surface area contributed by atoms with Crippen LogP contribution in [0, 0.1) is 5.92 Å². The van der Waals surface area contributed by atoms with Crippen molar-refractivity contribution in [3.05, 3.63) is 29.3 Å². The first-order valence-corrected chi connectivity index (χ1v) is 9.80. The van der Waals surface area contributed by atoms with Crippen LogP contribution in [-0.4, -0.2) is 54.8 Å². The van der Waals surface area contributed by atoms with Crippen LogP contribution in [0.1, 0.15) is 43.7 Å². The van der Waals surface area contributed by atoms with Gasteiger partial charge in [-0.15, -0.1) is 0 Å². The van der Waals surface area contributed by atoms with E-state index in [-0.39, 0.29) is 11.8 Å². The number of rotatable bonds is 6. The molecule has 0 radical (unpaired) electrons. The van der Waals surface area contributed by atoms with Gasteiger partial charge in [0, 0.05) is 25.2 Å². The molecule has 2 heterocycles. The van der Waals surface area contributed by atoms with Crippen molar-refractivity contribution in [1.82, 2.24) is 9.80 Å². The molecule has 5 nitrogen and oxygen atoms in total. The van der Waals surface area contributed by atoms with Crippen molar-refractivity contribution >= 4 is 17.5 Å². The fraction of sp³-hybridized carbons (Fsp3) is 0.619. The number of nitrogens with zero attached hydrogens (tertiary/aromatic N) is 2. The first-order valence-electron chi connectivity index (χ1n) is 9.80. The lowest BCUT2D eigenvalue weighted by Crippen LogP contribution is -2.44. The molecule has 1 aromatic carbocycles. The lowest BCUT2D eigenvalue weighted by molar-refractivity contribution is -0.133. The van der Waals surface area contributed by atoms with Crippen LogP contribution in [0.4, 0.5) is 5.69 Å². The number of carbonyl (C=O) groups excluding carboxylic acids is 2. The van der Waals surface area contributed by atoms with E-state index in [1.54, 1.807) is 0 Å². The molecule has 1 aromatic rings. The van der Waals surface area contributed by atoms with Crippen molar-refractivity contribution in [3.63, 3.8) is 0 Å². The highest BCUT2D eigenvalue weighted by molar-refractivity contribution is 5.99. The fourth-order valence-electron chi connectivity index (χ4n) is 4.11. The summed E-state index contributed by atoms with van der Waals surface area (Å²) in [5.74, 6) is 0.924. The molecule has 2 aliphatic rings. The third kappa shape index (κ3) is 4.44. The number of hydrogen-bond donors (Lipinski definition) is 1. The second kappa shape index (κ2) is 8.21. The van der Waals surface area contributed by atoms with E-state index in [9.17, 15) is 9.59 Å². The van der Waals surface area contributed by atoms with Gasteiger partial charge in [-0.3, -0.25) is 9.59 Å². The molecule has 2 aliphatic heterocycles. The number of aryl methyl sites for hydroxylation is 1. The third-order valence-corrected chi connectivity index (χ3v) is 6.10. The molecule has 0 aliphatic carbocycles. The zero-order chi connectivity index (χ0) is 18.7. The highest BCUT2D eigenvalue weighted by Crippen LogP contribution is 2.25. The monoisotopic (exact) mass is 357 g/mol. The number of fused-ring (bicyclic) bond motifs is 1. The normalized spacial score (nSPS) is 19.1. The summed E-state index contributed by atoms with van der Waals surface area (Å²) in [6, 6.07) is 6.45. The topological polar surface area (TPSA) is 52.7 Å². The number of anilines is 1. The Bertz CT molecular complexity index is 665. The SMILES string of the molecule is CC(C1CCN(C)CC1)N(C)C(=O)CCCc1ccc2c(c1)CC(=O)N2. The number of nitrogens with one attached hydrogen (secondary N) is 1. The third-order valence-electron chi connectivity index (χ3n) is 6.10. The molecule has 3 rings (SSSR count). The Morgan fingerprint density at radius 3 is 2.81 bits per heavy atom. The summed E-state index contributed by atoms with van der Waals surface area (Å²) in [6.07, 6.45) is 5.14. The summed E-state index contributed by atoms with van der Waals surface area (Å²) in [5, 5.41) is 2.86. The molecule has 1 fully saturated rings. The maximum atomic E-state index is 12.6. The van der Waals surface area contributed by atoms with Crippen LogP contribution in [0.15, 0.2) is 18.2 Å². The van der Waals surface area contributed by atoms with Gasteiger partial charge in [-0.05, 0) is 75.9 Å². The molecule has 142 valence electrons. The van der Waals surface area contributed by atoms with Gasteiger partial charge in [0.05, 0.1) is 6.42 Å². The summed E-state index contributed by atoms with van der Waals surface area (Å²) < 4.78 is 0. The smallest absolute Gasteiger partial charge is 0.228 e. The summed E-state index contributed by atoms with van der Waals surface area (Å²) in [5.41, 5.74) is 3.22. The van der Waals surface area contributed by atoms with E-state index in [2.05, 4.69) is 36.3 Å². The van der Waals surface area contributed by atoms with Crippen LogP contribution in [0.3, 0.4) is 0 Å². The van der Waals surface area contributed by atoms with Gasteiger partial charge >= 0.3 is 0 Å². The highest BCUT2D eigenvalue weighted by Gasteiger charge is 2.27. The van der Waals surface area contributed by atoms with Crippen LogP contribution >= 0.6 is 0 Å². The molecule has 1 saturated heterocycles. The molecule has 5 heteroatoms. The number of likely N-dealkylation sites (tertiary alicyclic amines) is 1.